The van der Waals surface area contributed by atoms with Crippen molar-refractivity contribution in [3.05, 3.63) is 102 Å². The average molecular weight is 319 g/mol. The van der Waals surface area contributed by atoms with E-state index in [1.165, 1.54) is 16.7 Å². The lowest BCUT2D eigenvalue weighted by molar-refractivity contribution is 0.475. The van der Waals surface area contributed by atoms with Gasteiger partial charge in [0.15, 0.2) is 0 Å². The molecule has 0 amide bonds. The van der Waals surface area contributed by atoms with Crippen LogP contribution in [-0.4, -0.2) is 31.1 Å². The van der Waals surface area contributed by atoms with Crippen molar-refractivity contribution in [2.24, 2.45) is 0 Å². The molecule has 0 radical (unpaired) electrons. The fourth-order valence-corrected chi connectivity index (χ4v) is 2.54. The van der Waals surface area contributed by atoms with Crippen LogP contribution >= 0.6 is 0 Å². The molecule has 2 heteroatoms. The standard InChI is InChI=1S/C19H16O.C3H9N/c20-18-13-11-17(12-14-18)19(15-7-3-1-4-8-15)16-9-5-2-6-10-16;1-4(2)3/h1-14,19-20H;1-3H3. The number of aromatic hydroxyl groups is 1. The lowest BCUT2D eigenvalue weighted by Gasteiger charge is -2.18. The largest absolute Gasteiger partial charge is 0.508 e. The number of hydrogen-bond donors (Lipinski definition) is 1. The summed E-state index contributed by atoms with van der Waals surface area (Å²) in [6, 6.07) is 28.3. The van der Waals surface area contributed by atoms with Crippen LogP contribution in [0.3, 0.4) is 0 Å². The van der Waals surface area contributed by atoms with Crippen molar-refractivity contribution in [1.29, 1.82) is 0 Å². The number of nitrogens with zero attached hydrogens (tertiary/aromatic N) is 1. The number of benzene rings is 3. The Hall–Kier alpha value is -2.58. The minimum absolute atomic E-state index is 0.193. The van der Waals surface area contributed by atoms with E-state index in [9.17, 15) is 5.11 Å². The van der Waals surface area contributed by atoms with Crippen molar-refractivity contribution < 1.29 is 5.11 Å². The molecule has 24 heavy (non-hydrogen) atoms. The summed E-state index contributed by atoms with van der Waals surface area (Å²) in [5.41, 5.74) is 3.69. The van der Waals surface area contributed by atoms with E-state index >= 15 is 0 Å². The van der Waals surface area contributed by atoms with Gasteiger partial charge in [0.05, 0.1) is 0 Å². The van der Waals surface area contributed by atoms with Gasteiger partial charge in [0.25, 0.3) is 0 Å². The summed E-state index contributed by atoms with van der Waals surface area (Å²) in [6.45, 7) is 0. The Morgan fingerprint density at radius 1 is 0.583 bits per heavy atom. The van der Waals surface area contributed by atoms with E-state index in [2.05, 4.69) is 48.5 Å². The van der Waals surface area contributed by atoms with Crippen molar-refractivity contribution in [3.63, 3.8) is 0 Å². The zero-order valence-electron chi connectivity index (χ0n) is 14.6. The minimum atomic E-state index is 0.193. The second-order valence-corrected chi connectivity index (χ2v) is 6.19. The molecule has 0 saturated heterocycles. The molecule has 0 aliphatic heterocycles. The van der Waals surface area contributed by atoms with Gasteiger partial charge in [-0.15, -0.1) is 0 Å². The Labute approximate surface area is 145 Å². The second-order valence-electron chi connectivity index (χ2n) is 6.19. The fraction of sp³-hybridized carbons (Fsp3) is 0.182. The zero-order valence-corrected chi connectivity index (χ0v) is 14.6. The van der Waals surface area contributed by atoms with Crippen LogP contribution in [-0.2, 0) is 0 Å². The average Bonchev–Trinajstić information content (AvgIpc) is 2.58. The van der Waals surface area contributed by atoms with Gasteiger partial charge >= 0.3 is 0 Å². The van der Waals surface area contributed by atoms with Crippen LogP contribution < -0.4 is 0 Å². The molecule has 2 nitrogen and oxygen atoms in total. The number of phenolic OH excluding ortho intramolecular Hbond substituents is 1. The van der Waals surface area contributed by atoms with Crippen molar-refractivity contribution in [1.82, 2.24) is 4.90 Å². The maximum Gasteiger partial charge on any atom is 0.115 e. The molecule has 0 unspecified atom stereocenters. The van der Waals surface area contributed by atoms with E-state index in [1.54, 1.807) is 12.1 Å². The maximum absolute atomic E-state index is 9.48. The van der Waals surface area contributed by atoms with Gasteiger partial charge in [0, 0.05) is 5.92 Å². The molecule has 0 fully saturated rings. The SMILES string of the molecule is CN(C)C.Oc1ccc(C(c2ccccc2)c2ccccc2)cc1. The van der Waals surface area contributed by atoms with Gasteiger partial charge in [-0.3, -0.25) is 0 Å². The summed E-state index contributed by atoms with van der Waals surface area (Å²) in [6.07, 6.45) is 0. The van der Waals surface area contributed by atoms with E-state index in [-0.39, 0.29) is 5.92 Å². The van der Waals surface area contributed by atoms with Crippen LogP contribution in [0.15, 0.2) is 84.9 Å². The Morgan fingerprint density at radius 3 is 1.29 bits per heavy atom. The van der Waals surface area contributed by atoms with Gasteiger partial charge in [-0.2, -0.15) is 0 Å². The molecular formula is C22H25NO. The molecule has 0 atom stereocenters. The molecule has 124 valence electrons. The third-order valence-corrected chi connectivity index (χ3v) is 3.49. The Balaban J connectivity index is 0.000000471. The first-order valence-electron chi connectivity index (χ1n) is 8.07. The van der Waals surface area contributed by atoms with Crippen LogP contribution in [0.2, 0.25) is 0 Å². The van der Waals surface area contributed by atoms with Crippen LogP contribution in [0.4, 0.5) is 0 Å². The molecule has 3 rings (SSSR count). The van der Waals surface area contributed by atoms with Gasteiger partial charge in [-0.1, -0.05) is 72.8 Å². The Kier molecular flexibility index (Phi) is 6.59. The summed E-state index contributed by atoms with van der Waals surface area (Å²) in [7, 11) is 6.00. The first-order chi connectivity index (χ1) is 11.6. The molecular weight excluding hydrogens is 294 g/mol. The molecule has 3 aromatic rings. The first-order valence-corrected chi connectivity index (χ1v) is 8.07. The van der Waals surface area contributed by atoms with Crippen molar-refractivity contribution in [2.75, 3.05) is 21.1 Å². The van der Waals surface area contributed by atoms with Gasteiger partial charge in [0.2, 0.25) is 0 Å². The highest BCUT2D eigenvalue weighted by Gasteiger charge is 2.15. The van der Waals surface area contributed by atoms with Crippen LogP contribution in [0.1, 0.15) is 22.6 Å². The summed E-state index contributed by atoms with van der Waals surface area (Å²) >= 11 is 0. The molecule has 0 aliphatic carbocycles. The van der Waals surface area contributed by atoms with Crippen molar-refractivity contribution in [3.8, 4) is 5.75 Å². The second kappa shape index (κ2) is 8.90. The highest BCUT2D eigenvalue weighted by molar-refractivity contribution is 5.44. The predicted molar refractivity (Wildman–Crippen MR) is 102 cm³/mol. The van der Waals surface area contributed by atoms with E-state index in [4.69, 9.17) is 0 Å². The molecule has 0 saturated carbocycles. The summed E-state index contributed by atoms with van der Waals surface area (Å²) in [5.74, 6) is 0.492. The maximum atomic E-state index is 9.48. The smallest absolute Gasteiger partial charge is 0.115 e. The summed E-state index contributed by atoms with van der Waals surface area (Å²) < 4.78 is 0. The molecule has 0 aliphatic rings. The van der Waals surface area contributed by atoms with Gasteiger partial charge in [-0.05, 0) is 50.0 Å². The zero-order chi connectivity index (χ0) is 17.4. The minimum Gasteiger partial charge on any atom is -0.508 e. The number of hydrogen-bond acceptors (Lipinski definition) is 2. The topological polar surface area (TPSA) is 23.5 Å². The van der Waals surface area contributed by atoms with Crippen molar-refractivity contribution in [2.45, 2.75) is 5.92 Å². The molecule has 1 N–H and O–H groups in total. The quantitative estimate of drug-likeness (QED) is 0.704. The lowest BCUT2D eigenvalue weighted by atomic mass is 9.85. The summed E-state index contributed by atoms with van der Waals surface area (Å²) in [4.78, 5) is 2.00. The molecule has 0 heterocycles. The van der Waals surface area contributed by atoms with Crippen LogP contribution in [0.25, 0.3) is 0 Å². The third-order valence-electron chi connectivity index (χ3n) is 3.49. The Morgan fingerprint density at radius 2 is 0.917 bits per heavy atom. The Bertz CT molecular complexity index is 664. The highest BCUT2D eigenvalue weighted by atomic mass is 16.3. The van der Waals surface area contributed by atoms with Gasteiger partial charge in [0.1, 0.15) is 5.75 Å². The van der Waals surface area contributed by atoms with Gasteiger partial charge < -0.3 is 10.0 Å². The molecule has 3 aromatic carbocycles. The lowest BCUT2D eigenvalue weighted by Crippen LogP contribution is -2.02. The van der Waals surface area contributed by atoms with E-state index in [0.29, 0.717) is 5.75 Å². The monoisotopic (exact) mass is 319 g/mol. The van der Waals surface area contributed by atoms with E-state index < -0.39 is 0 Å². The molecule has 0 bridgehead atoms. The first kappa shape index (κ1) is 17.8. The number of rotatable bonds is 3. The van der Waals surface area contributed by atoms with Gasteiger partial charge in [-0.25, -0.2) is 0 Å². The van der Waals surface area contributed by atoms with E-state index in [0.717, 1.165) is 0 Å². The predicted octanol–water partition coefficient (Wildman–Crippen LogP) is 4.75. The summed E-state index contributed by atoms with van der Waals surface area (Å²) in [5, 5.41) is 9.48. The van der Waals surface area contributed by atoms with Crippen molar-refractivity contribution >= 4 is 0 Å². The highest BCUT2D eigenvalue weighted by Crippen LogP contribution is 2.32. The fourth-order valence-electron chi connectivity index (χ4n) is 2.54. The molecule has 0 spiro atoms. The van der Waals surface area contributed by atoms with Crippen LogP contribution in [0.5, 0.6) is 5.75 Å². The van der Waals surface area contributed by atoms with E-state index in [1.807, 2.05) is 50.3 Å². The third kappa shape index (κ3) is 5.25. The number of phenols is 1. The normalized spacial score (nSPS) is 10.4. The molecule has 0 aromatic heterocycles. The van der Waals surface area contributed by atoms with Crippen LogP contribution in [0, 0.1) is 0 Å².